The van der Waals surface area contributed by atoms with Crippen molar-refractivity contribution in [1.82, 2.24) is 4.57 Å². The molecule has 166 valence electrons. The van der Waals surface area contributed by atoms with Gasteiger partial charge in [0.05, 0.1) is 12.1 Å². The van der Waals surface area contributed by atoms with Gasteiger partial charge in [0.2, 0.25) is 5.91 Å². The first kappa shape index (κ1) is 23.6. The van der Waals surface area contributed by atoms with Gasteiger partial charge in [-0.2, -0.15) is 5.26 Å². The number of nitriles is 1. The molecule has 0 saturated heterocycles. The van der Waals surface area contributed by atoms with Crippen LogP contribution in [0.1, 0.15) is 27.0 Å². The zero-order valence-corrected chi connectivity index (χ0v) is 18.4. The molecule has 1 atom stereocenters. The highest BCUT2D eigenvalue weighted by atomic mass is 31.0. The predicted molar refractivity (Wildman–Crippen MR) is 126 cm³/mol. The number of hydrogen-bond donors (Lipinski definition) is 3. The average Bonchev–Trinajstić information content (AvgIpc) is 3.20. The maximum atomic E-state index is 13.9. The largest absolute Gasteiger partial charge is 0.507 e. The summed E-state index contributed by atoms with van der Waals surface area (Å²) in [4.78, 5) is 10.6. The maximum Gasteiger partial charge on any atom is 0.248 e. The van der Waals surface area contributed by atoms with E-state index < -0.39 is 17.5 Å². The first-order chi connectivity index (χ1) is 15.7. The van der Waals surface area contributed by atoms with E-state index in [1.807, 2.05) is 35.0 Å². The quantitative estimate of drug-likeness (QED) is 0.315. The molecule has 3 aromatic carbocycles. The van der Waals surface area contributed by atoms with Gasteiger partial charge in [-0.25, -0.2) is 8.78 Å². The van der Waals surface area contributed by atoms with Crippen LogP contribution in [0.15, 0.2) is 60.8 Å². The summed E-state index contributed by atoms with van der Waals surface area (Å²) in [5.41, 5.74) is 7.22. The van der Waals surface area contributed by atoms with Crippen LogP contribution in [-0.2, 0) is 6.54 Å². The van der Waals surface area contributed by atoms with Crippen molar-refractivity contribution in [2.24, 2.45) is 5.73 Å². The fourth-order valence-electron chi connectivity index (χ4n) is 3.26. The van der Waals surface area contributed by atoms with Crippen LogP contribution in [0.25, 0.3) is 10.9 Å². The normalized spacial score (nSPS) is 10.2. The third-order valence-electron chi connectivity index (χ3n) is 4.87. The van der Waals surface area contributed by atoms with Crippen LogP contribution in [0.2, 0.25) is 0 Å². The van der Waals surface area contributed by atoms with Gasteiger partial charge in [-0.3, -0.25) is 4.79 Å². The summed E-state index contributed by atoms with van der Waals surface area (Å²) >= 11 is 0. The maximum absolute atomic E-state index is 13.9. The minimum Gasteiger partial charge on any atom is -0.507 e. The Morgan fingerprint density at radius 1 is 1.21 bits per heavy atom. The monoisotopic (exact) mass is 464 g/mol. The molecule has 1 unspecified atom stereocenters. The number of nitrogens with one attached hydrogen (secondary N) is 1. The number of carbonyl (C=O) groups excluding carboxylic acids is 1. The lowest BCUT2D eigenvalue weighted by atomic mass is 10.1. The Morgan fingerprint density at radius 3 is 2.64 bits per heavy atom. The van der Waals surface area contributed by atoms with Crippen molar-refractivity contribution < 1.29 is 18.7 Å². The van der Waals surface area contributed by atoms with Crippen molar-refractivity contribution in [3.8, 4) is 11.8 Å². The number of nitrogens with two attached hydrogens (primary N) is 1. The zero-order valence-electron chi connectivity index (χ0n) is 17.2. The van der Waals surface area contributed by atoms with Gasteiger partial charge in [-0.15, -0.1) is 9.24 Å². The smallest absolute Gasteiger partial charge is 0.248 e. The molecule has 0 aliphatic heterocycles. The molecule has 0 aliphatic rings. The number of aromatic hydroxyl groups is 1. The van der Waals surface area contributed by atoms with Crippen molar-refractivity contribution in [2.45, 2.75) is 6.54 Å². The summed E-state index contributed by atoms with van der Waals surface area (Å²) in [5.74, 6) is -2.42. The zero-order chi connectivity index (χ0) is 24.1. The van der Waals surface area contributed by atoms with Crippen LogP contribution >= 0.6 is 9.24 Å². The van der Waals surface area contributed by atoms with Crippen LogP contribution < -0.4 is 11.0 Å². The Kier molecular flexibility index (Phi) is 7.17. The summed E-state index contributed by atoms with van der Waals surface area (Å²) in [6.07, 6.45) is 3.11. The van der Waals surface area contributed by atoms with Crippen molar-refractivity contribution in [2.75, 3.05) is 0 Å². The Labute approximate surface area is 190 Å². The van der Waals surface area contributed by atoms with Crippen molar-refractivity contribution in [3.63, 3.8) is 0 Å². The number of hydrogen-bond acceptors (Lipinski definition) is 4. The van der Waals surface area contributed by atoms with Gasteiger partial charge < -0.3 is 20.8 Å². The molecule has 33 heavy (non-hydrogen) atoms. The molecule has 0 saturated carbocycles. The molecule has 4 N–H and O–H groups in total. The second kappa shape index (κ2) is 10.0. The van der Waals surface area contributed by atoms with Crippen LogP contribution in [-0.4, -0.2) is 21.8 Å². The molecule has 0 bridgehead atoms. The highest BCUT2D eigenvalue weighted by Gasteiger charge is 2.12. The van der Waals surface area contributed by atoms with Gasteiger partial charge in [0.15, 0.2) is 11.6 Å². The minimum atomic E-state index is -0.839. The lowest BCUT2D eigenvalue weighted by Crippen LogP contribution is -2.10. The van der Waals surface area contributed by atoms with E-state index in [-0.39, 0.29) is 23.4 Å². The van der Waals surface area contributed by atoms with Gasteiger partial charge in [0.1, 0.15) is 11.8 Å². The fourth-order valence-corrected chi connectivity index (χ4v) is 3.61. The lowest BCUT2D eigenvalue weighted by molar-refractivity contribution is 0.1000. The molecule has 0 fully saturated rings. The molecule has 1 heterocycles. The summed E-state index contributed by atoms with van der Waals surface area (Å²) in [6, 6.07) is 15.9. The first-order valence-corrected chi connectivity index (χ1v) is 10.2. The summed E-state index contributed by atoms with van der Waals surface area (Å²) < 4.78 is 29.2. The van der Waals surface area contributed by atoms with E-state index in [0.717, 1.165) is 22.5 Å². The molecule has 9 heteroatoms. The van der Waals surface area contributed by atoms with E-state index >= 15 is 0 Å². The second-order valence-electron chi connectivity index (χ2n) is 7.05. The number of amides is 1. The number of phenols is 1. The number of nitrogens with zero attached hydrogens (tertiary/aromatic N) is 2. The average molecular weight is 464 g/mol. The van der Waals surface area contributed by atoms with Gasteiger partial charge in [0, 0.05) is 40.0 Å². The molecule has 1 aromatic heterocycles. The number of phenolic OH excluding ortho intramolecular Hbond substituents is 1. The SMILES string of the molecule is N#Cc1cc(C(N)=O)ccc1O.N=Cc1cccc2c1ccn2Cc1cc(P)cc(F)c1F. The highest BCUT2D eigenvalue weighted by molar-refractivity contribution is 7.27. The number of fused-ring (bicyclic) bond motifs is 1. The van der Waals surface area contributed by atoms with E-state index in [1.54, 1.807) is 12.1 Å². The van der Waals surface area contributed by atoms with Crippen molar-refractivity contribution in [3.05, 3.63) is 94.7 Å². The number of halogens is 2. The topological polar surface area (TPSA) is 116 Å². The molecule has 4 rings (SSSR count). The highest BCUT2D eigenvalue weighted by Crippen LogP contribution is 2.22. The Hall–Kier alpha value is -4.08. The molecule has 0 aliphatic carbocycles. The molecule has 4 aromatic rings. The van der Waals surface area contributed by atoms with Gasteiger partial charge in [0.25, 0.3) is 0 Å². The van der Waals surface area contributed by atoms with Crippen LogP contribution in [0.3, 0.4) is 0 Å². The molecule has 6 nitrogen and oxygen atoms in total. The third-order valence-corrected chi connectivity index (χ3v) is 5.20. The number of carbonyl (C=O) groups is 1. The van der Waals surface area contributed by atoms with E-state index in [4.69, 9.17) is 21.5 Å². The Morgan fingerprint density at radius 2 is 1.97 bits per heavy atom. The van der Waals surface area contributed by atoms with E-state index in [9.17, 15) is 13.6 Å². The van der Waals surface area contributed by atoms with Gasteiger partial charge in [-0.1, -0.05) is 12.1 Å². The van der Waals surface area contributed by atoms with Crippen molar-refractivity contribution >= 4 is 37.6 Å². The van der Waals surface area contributed by atoms with Gasteiger partial charge in [-0.05, 0) is 47.8 Å². The lowest BCUT2D eigenvalue weighted by Gasteiger charge is -2.09. The first-order valence-electron chi connectivity index (χ1n) is 9.59. The van der Waals surface area contributed by atoms with Crippen LogP contribution in [0.4, 0.5) is 8.78 Å². The molecule has 0 spiro atoms. The number of rotatable bonds is 4. The van der Waals surface area contributed by atoms with E-state index in [1.165, 1.54) is 24.4 Å². The third kappa shape index (κ3) is 5.22. The second-order valence-corrected chi connectivity index (χ2v) is 7.72. The molecular weight excluding hydrogens is 445 g/mol. The number of aromatic nitrogens is 1. The summed E-state index contributed by atoms with van der Waals surface area (Å²) in [6.45, 7) is 0.246. The van der Waals surface area contributed by atoms with E-state index in [2.05, 4.69) is 9.24 Å². The molecule has 1 amide bonds. The van der Waals surface area contributed by atoms with Crippen molar-refractivity contribution in [1.29, 1.82) is 10.7 Å². The summed E-state index contributed by atoms with van der Waals surface area (Å²) in [7, 11) is 2.38. The predicted octanol–water partition coefficient (Wildman–Crippen LogP) is 3.83. The number of benzene rings is 3. The van der Waals surface area contributed by atoms with Crippen LogP contribution in [0, 0.1) is 28.4 Å². The summed E-state index contributed by atoms with van der Waals surface area (Å²) in [5, 5.41) is 26.4. The Bertz CT molecular complexity index is 1410. The van der Waals surface area contributed by atoms with Crippen LogP contribution in [0.5, 0.6) is 5.75 Å². The number of primary amides is 1. The van der Waals surface area contributed by atoms with E-state index in [0.29, 0.717) is 10.9 Å². The molecule has 0 radical (unpaired) electrons. The standard InChI is InChI=1S/C16H13F2N2P.C8H6N2O2/c17-14-7-12(21)6-11(16(14)18)9-20-5-4-13-10(8-19)2-1-3-15(13)20;9-4-6-3-5(8(10)12)1-2-7(6)11/h1-8,19H,9,21H2;1-3,11H,(H2,10,12). The molecular formula is C24H19F2N4O2P. The minimum absolute atomic E-state index is 0.0475. The fraction of sp³-hybridized carbons (Fsp3) is 0.0417. The van der Waals surface area contributed by atoms with Gasteiger partial charge >= 0.3 is 0 Å². The Balaban J connectivity index is 0.000000218.